The van der Waals surface area contributed by atoms with Crippen molar-refractivity contribution in [1.29, 1.82) is 0 Å². The maximum Gasteiger partial charge on any atom is 0.254 e. The number of hydrogen-bond acceptors (Lipinski definition) is 3. The highest BCUT2D eigenvalue weighted by Gasteiger charge is 2.27. The first-order valence-corrected chi connectivity index (χ1v) is 7.07. The number of halogens is 1. The normalized spacial score (nSPS) is 20.8. The highest BCUT2D eigenvalue weighted by molar-refractivity contribution is 5.95. The van der Waals surface area contributed by atoms with E-state index in [2.05, 4.69) is 18.9 Å². The van der Waals surface area contributed by atoms with Gasteiger partial charge in [0.25, 0.3) is 5.91 Å². The van der Waals surface area contributed by atoms with E-state index < -0.39 is 5.82 Å². The summed E-state index contributed by atoms with van der Waals surface area (Å²) in [5, 5.41) is 0. The Kier molecular flexibility index (Phi) is 4.60. The summed E-state index contributed by atoms with van der Waals surface area (Å²) < 4.78 is 13.4. The molecule has 0 saturated carbocycles. The van der Waals surface area contributed by atoms with E-state index in [1.165, 1.54) is 12.1 Å². The molecule has 110 valence electrons. The van der Waals surface area contributed by atoms with Crippen molar-refractivity contribution in [3.8, 4) is 0 Å². The fourth-order valence-electron chi connectivity index (χ4n) is 2.76. The van der Waals surface area contributed by atoms with Crippen LogP contribution < -0.4 is 5.73 Å². The molecule has 4 nitrogen and oxygen atoms in total. The summed E-state index contributed by atoms with van der Waals surface area (Å²) in [4.78, 5) is 16.7. The Hall–Kier alpha value is -1.62. The van der Waals surface area contributed by atoms with E-state index in [0.29, 0.717) is 12.1 Å². The molecule has 1 heterocycles. The maximum absolute atomic E-state index is 13.4. The SMILES string of the molecule is CCC1CN(C)CCCN1C(=O)c1cc(N)cc(F)c1. The molecule has 1 amide bonds. The van der Waals surface area contributed by atoms with Crippen LogP contribution in [0.3, 0.4) is 0 Å². The number of nitrogen functional groups attached to an aromatic ring is 1. The minimum atomic E-state index is -0.465. The third kappa shape index (κ3) is 3.28. The van der Waals surface area contributed by atoms with Crippen LogP contribution in [0.4, 0.5) is 10.1 Å². The molecule has 0 bridgehead atoms. The lowest BCUT2D eigenvalue weighted by molar-refractivity contribution is 0.0675. The topological polar surface area (TPSA) is 49.6 Å². The Bertz CT molecular complexity index is 472. The van der Waals surface area contributed by atoms with Crippen LogP contribution in [0, 0.1) is 5.82 Å². The Balaban J connectivity index is 2.25. The van der Waals surface area contributed by atoms with Crippen LogP contribution in [0.25, 0.3) is 0 Å². The maximum atomic E-state index is 13.4. The van der Waals surface area contributed by atoms with E-state index in [-0.39, 0.29) is 17.6 Å². The molecular formula is C15H22FN3O. The molecule has 1 saturated heterocycles. The molecule has 1 aromatic rings. The van der Waals surface area contributed by atoms with Crippen molar-refractivity contribution in [2.24, 2.45) is 0 Å². The molecule has 1 aromatic carbocycles. The van der Waals surface area contributed by atoms with Crippen LogP contribution in [0.5, 0.6) is 0 Å². The average Bonchev–Trinajstić information content (AvgIpc) is 2.58. The summed E-state index contributed by atoms with van der Waals surface area (Å²) in [6, 6.07) is 4.20. The molecule has 5 heteroatoms. The molecule has 0 radical (unpaired) electrons. The number of hydrogen-bond donors (Lipinski definition) is 1. The van der Waals surface area contributed by atoms with E-state index in [0.717, 1.165) is 25.9 Å². The quantitative estimate of drug-likeness (QED) is 0.842. The van der Waals surface area contributed by atoms with Gasteiger partial charge in [-0.25, -0.2) is 4.39 Å². The van der Waals surface area contributed by atoms with Gasteiger partial charge in [0.1, 0.15) is 5.82 Å². The van der Waals surface area contributed by atoms with Gasteiger partial charge < -0.3 is 15.5 Å². The molecule has 1 atom stereocenters. The van der Waals surface area contributed by atoms with E-state index >= 15 is 0 Å². The zero-order valence-electron chi connectivity index (χ0n) is 12.1. The highest BCUT2D eigenvalue weighted by Crippen LogP contribution is 2.18. The first-order valence-electron chi connectivity index (χ1n) is 7.07. The third-order valence-corrected chi connectivity index (χ3v) is 3.80. The predicted octanol–water partition coefficient (Wildman–Crippen LogP) is 1.96. The summed E-state index contributed by atoms with van der Waals surface area (Å²) in [6.45, 7) is 4.61. The second kappa shape index (κ2) is 6.22. The first-order chi connectivity index (χ1) is 9.51. The van der Waals surface area contributed by atoms with Crippen molar-refractivity contribution < 1.29 is 9.18 Å². The fourth-order valence-corrected chi connectivity index (χ4v) is 2.76. The van der Waals surface area contributed by atoms with Crippen molar-refractivity contribution in [1.82, 2.24) is 9.80 Å². The van der Waals surface area contributed by atoms with Crippen LogP contribution in [-0.2, 0) is 0 Å². The lowest BCUT2D eigenvalue weighted by Crippen LogP contribution is -2.43. The first kappa shape index (κ1) is 14.8. The number of benzene rings is 1. The largest absolute Gasteiger partial charge is 0.399 e. The second-order valence-corrected chi connectivity index (χ2v) is 5.45. The zero-order valence-corrected chi connectivity index (χ0v) is 12.1. The van der Waals surface area contributed by atoms with Crippen LogP contribution in [-0.4, -0.2) is 48.4 Å². The van der Waals surface area contributed by atoms with Gasteiger partial charge >= 0.3 is 0 Å². The molecule has 0 aromatic heterocycles. The van der Waals surface area contributed by atoms with E-state index in [4.69, 9.17) is 5.73 Å². The molecule has 0 spiro atoms. The van der Waals surface area contributed by atoms with E-state index in [1.54, 1.807) is 6.07 Å². The fraction of sp³-hybridized carbons (Fsp3) is 0.533. The number of amides is 1. The second-order valence-electron chi connectivity index (χ2n) is 5.45. The molecule has 1 fully saturated rings. The van der Waals surface area contributed by atoms with Gasteiger partial charge in [0.2, 0.25) is 0 Å². The van der Waals surface area contributed by atoms with E-state index in [1.807, 2.05) is 4.90 Å². The number of nitrogens with two attached hydrogens (primary N) is 1. The van der Waals surface area contributed by atoms with Crippen LogP contribution in [0.1, 0.15) is 30.1 Å². The molecule has 1 unspecified atom stereocenters. The van der Waals surface area contributed by atoms with Crippen molar-refractivity contribution in [2.75, 3.05) is 32.4 Å². The van der Waals surface area contributed by atoms with Gasteiger partial charge in [-0.3, -0.25) is 4.79 Å². The molecule has 2 N–H and O–H groups in total. The number of carbonyl (C=O) groups excluding carboxylic acids is 1. The summed E-state index contributed by atoms with van der Waals surface area (Å²) >= 11 is 0. The Morgan fingerprint density at radius 1 is 1.40 bits per heavy atom. The number of nitrogens with zero attached hydrogens (tertiary/aromatic N) is 2. The molecular weight excluding hydrogens is 257 g/mol. The monoisotopic (exact) mass is 279 g/mol. The lowest BCUT2D eigenvalue weighted by atomic mass is 10.1. The molecule has 1 aliphatic rings. The zero-order chi connectivity index (χ0) is 14.7. The van der Waals surface area contributed by atoms with Gasteiger partial charge in [0.05, 0.1) is 0 Å². The van der Waals surface area contributed by atoms with Gasteiger partial charge in [0.15, 0.2) is 0 Å². The predicted molar refractivity (Wildman–Crippen MR) is 78.0 cm³/mol. The Morgan fingerprint density at radius 2 is 2.15 bits per heavy atom. The number of rotatable bonds is 2. The van der Waals surface area contributed by atoms with Crippen molar-refractivity contribution in [3.05, 3.63) is 29.6 Å². The van der Waals surface area contributed by atoms with Crippen LogP contribution in [0.2, 0.25) is 0 Å². The molecule has 1 aliphatic heterocycles. The summed E-state index contributed by atoms with van der Waals surface area (Å²) in [7, 11) is 2.07. The van der Waals surface area contributed by atoms with E-state index in [9.17, 15) is 9.18 Å². The average molecular weight is 279 g/mol. The van der Waals surface area contributed by atoms with Gasteiger partial charge in [0, 0.05) is 30.4 Å². The van der Waals surface area contributed by atoms with Crippen molar-refractivity contribution >= 4 is 11.6 Å². The summed E-state index contributed by atoms with van der Waals surface area (Å²) in [6.07, 6.45) is 1.82. The van der Waals surface area contributed by atoms with Crippen molar-refractivity contribution in [3.63, 3.8) is 0 Å². The van der Waals surface area contributed by atoms with Crippen molar-refractivity contribution in [2.45, 2.75) is 25.8 Å². The molecule has 0 aliphatic carbocycles. The van der Waals surface area contributed by atoms with Gasteiger partial charge in [-0.15, -0.1) is 0 Å². The van der Waals surface area contributed by atoms with Crippen LogP contribution in [0.15, 0.2) is 18.2 Å². The minimum Gasteiger partial charge on any atom is -0.399 e. The molecule has 2 rings (SSSR count). The number of anilines is 1. The smallest absolute Gasteiger partial charge is 0.254 e. The van der Waals surface area contributed by atoms with Gasteiger partial charge in [-0.1, -0.05) is 6.92 Å². The lowest BCUT2D eigenvalue weighted by Gasteiger charge is -2.30. The van der Waals surface area contributed by atoms with Gasteiger partial charge in [-0.2, -0.15) is 0 Å². The van der Waals surface area contributed by atoms with Crippen LogP contribution >= 0.6 is 0 Å². The molecule has 20 heavy (non-hydrogen) atoms. The minimum absolute atomic E-state index is 0.127. The third-order valence-electron chi connectivity index (χ3n) is 3.80. The number of likely N-dealkylation sites (N-methyl/N-ethyl adjacent to an activating group) is 1. The Labute approximate surface area is 119 Å². The highest BCUT2D eigenvalue weighted by atomic mass is 19.1. The number of carbonyl (C=O) groups is 1. The summed E-state index contributed by atoms with van der Waals surface area (Å²) in [5.74, 6) is -0.591. The summed E-state index contributed by atoms with van der Waals surface area (Å²) in [5.41, 5.74) is 6.25. The standard InChI is InChI=1S/C15H22FN3O/c1-3-14-10-18(2)5-4-6-19(14)15(20)11-7-12(16)9-13(17)8-11/h7-9,14H,3-6,10,17H2,1-2H3. The van der Waals surface area contributed by atoms with Gasteiger partial charge in [-0.05, 0) is 44.6 Å². The Morgan fingerprint density at radius 3 is 2.80 bits per heavy atom.